The Hall–Kier alpha value is -1.96. The number of amides is 1. The van der Waals surface area contributed by atoms with Gasteiger partial charge >= 0.3 is 0 Å². The minimum Gasteiger partial charge on any atom is -0.493 e. The average Bonchev–Trinajstić information content (AvgIpc) is 2.71. The van der Waals surface area contributed by atoms with Gasteiger partial charge in [-0.25, -0.2) is 0 Å². The van der Waals surface area contributed by atoms with Gasteiger partial charge in [0, 0.05) is 5.56 Å². The van der Waals surface area contributed by atoms with Crippen molar-refractivity contribution in [3.05, 3.63) is 84.9 Å². The molecule has 4 nitrogen and oxygen atoms in total. The number of rotatable bonds is 6. The van der Waals surface area contributed by atoms with Gasteiger partial charge in [-0.1, -0.05) is 59.1 Å². The lowest BCUT2D eigenvalue weighted by Gasteiger charge is -2.15. The zero-order chi connectivity index (χ0) is 21.0. The summed E-state index contributed by atoms with van der Waals surface area (Å²) in [5.41, 5.74) is 3.10. The molecule has 0 unspecified atom stereocenters. The van der Waals surface area contributed by atoms with E-state index in [4.69, 9.17) is 32.7 Å². The number of hydrogen-bond acceptors (Lipinski definition) is 3. The predicted molar refractivity (Wildman–Crippen MR) is 126 cm³/mol. The zero-order valence-electron chi connectivity index (χ0n) is 15.8. The first-order valence-corrected chi connectivity index (χ1v) is 10.5. The number of methoxy groups -OCH3 is 1. The van der Waals surface area contributed by atoms with Crippen molar-refractivity contribution < 1.29 is 14.3 Å². The molecule has 150 valence electrons. The van der Waals surface area contributed by atoms with Crippen molar-refractivity contribution in [2.24, 2.45) is 0 Å². The quantitative estimate of drug-likeness (QED) is 0.351. The van der Waals surface area contributed by atoms with Gasteiger partial charge in [0.2, 0.25) is 0 Å². The second-order valence-electron chi connectivity index (χ2n) is 6.32. The van der Waals surface area contributed by atoms with E-state index in [0.29, 0.717) is 39.4 Å². The molecule has 0 aromatic heterocycles. The highest BCUT2D eigenvalue weighted by Crippen LogP contribution is 2.35. The van der Waals surface area contributed by atoms with E-state index >= 15 is 0 Å². The summed E-state index contributed by atoms with van der Waals surface area (Å²) in [5.74, 6) is 0.743. The number of ether oxygens (including phenoxy) is 2. The van der Waals surface area contributed by atoms with E-state index < -0.39 is 0 Å². The highest BCUT2D eigenvalue weighted by Gasteiger charge is 2.17. The Kier molecular flexibility index (Phi) is 7.27. The molecule has 3 aromatic rings. The summed E-state index contributed by atoms with van der Waals surface area (Å²) in [4.78, 5) is 12.7. The van der Waals surface area contributed by atoms with Gasteiger partial charge in [0.1, 0.15) is 6.61 Å². The maximum Gasteiger partial charge on any atom is 0.255 e. The molecule has 0 saturated carbocycles. The fourth-order valence-electron chi connectivity index (χ4n) is 2.63. The molecule has 0 aliphatic rings. The summed E-state index contributed by atoms with van der Waals surface area (Å²) in [5, 5.41) is 3.44. The Bertz CT molecular complexity index is 1040. The molecule has 0 fully saturated rings. The maximum atomic E-state index is 12.7. The Labute approximate surface area is 193 Å². The third-order valence-corrected chi connectivity index (χ3v) is 5.82. The van der Waals surface area contributed by atoms with Crippen molar-refractivity contribution in [2.75, 3.05) is 12.4 Å². The number of anilines is 1. The fraction of sp³-hybridized carbons (Fsp3) is 0.136. The molecule has 0 radical (unpaired) electrons. The van der Waals surface area contributed by atoms with Gasteiger partial charge in [-0.2, -0.15) is 0 Å². The van der Waals surface area contributed by atoms with Crippen LogP contribution >= 0.6 is 45.8 Å². The number of carbonyl (C=O) groups is 1. The molecule has 0 heterocycles. The van der Waals surface area contributed by atoms with Crippen molar-refractivity contribution in [3.63, 3.8) is 0 Å². The van der Waals surface area contributed by atoms with Gasteiger partial charge in [-0.3, -0.25) is 4.79 Å². The number of halogens is 3. The SMILES string of the molecule is COc1cc(C(=O)Nc2cccc(Cl)c2Cl)cc(I)c1OCc1ccc(C)cc1. The zero-order valence-corrected chi connectivity index (χ0v) is 19.4. The van der Waals surface area contributed by atoms with Crippen LogP contribution in [0.25, 0.3) is 0 Å². The Morgan fingerprint density at radius 2 is 1.83 bits per heavy atom. The number of aryl methyl sites for hydroxylation is 1. The van der Waals surface area contributed by atoms with Crippen molar-refractivity contribution >= 4 is 57.4 Å². The predicted octanol–water partition coefficient (Wildman–Crippen LogP) is 6.75. The third kappa shape index (κ3) is 5.35. The number of nitrogens with one attached hydrogen (secondary N) is 1. The molecule has 1 N–H and O–H groups in total. The molecule has 0 aliphatic heterocycles. The Morgan fingerprint density at radius 3 is 2.52 bits per heavy atom. The Morgan fingerprint density at radius 1 is 1.10 bits per heavy atom. The van der Waals surface area contributed by atoms with Crippen molar-refractivity contribution in [2.45, 2.75) is 13.5 Å². The molecular formula is C22H18Cl2INO3. The highest BCUT2D eigenvalue weighted by molar-refractivity contribution is 14.1. The molecule has 0 spiro atoms. The fourth-order valence-corrected chi connectivity index (χ4v) is 3.73. The first kappa shape index (κ1) is 21.7. The van der Waals surface area contributed by atoms with E-state index in [0.717, 1.165) is 9.13 Å². The van der Waals surface area contributed by atoms with Crippen LogP contribution in [0.15, 0.2) is 54.6 Å². The molecule has 0 aliphatic carbocycles. The Balaban J connectivity index is 1.80. The van der Waals surface area contributed by atoms with E-state index in [1.54, 1.807) is 37.4 Å². The number of hydrogen-bond donors (Lipinski definition) is 1. The van der Waals surface area contributed by atoms with Crippen LogP contribution in [-0.2, 0) is 6.61 Å². The first-order valence-electron chi connectivity index (χ1n) is 8.70. The third-order valence-electron chi connectivity index (χ3n) is 4.20. The summed E-state index contributed by atoms with van der Waals surface area (Å²) in [6, 6.07) is 16.6. The molecule has 0 saturated heterocycles. The molecule has 29 heavy (non-hydrogen) atoms. The van der Waals surface area contributed by atoms with E-state index in [2.05, 4.69) is 27.9 Å². The van der Waals surface area contributed by atoms with E-state index in [9.17, 15) is 4.79 Å². The van der Waals surface area contributed by atoms with Gasteiger partial charge in [0.15, 0.2) is 11.5 Å². The first-order chi connectivity index (χ1) is 13.9. The average molecular weight is 542 g/mol. The summed E-state index contributed by atoms with van der Waals surface area (Å²) in [6.07, 6.45) is 0. The van der Waals surface area contributed by atoms with Gasteiger partial charge in [0.25, 0.3) is 5.91 Å². The second-order valence-corrected chi connectivity index (χ2v) is 8.27. The topological polar surface area (TPSA) is 47.6 Å². The molecule has 3 aromatic carbocycles. The lowest BCUT2D eigenvalue weighted by atomic mass is 10.1. The van der Waals surface area contributed by atoms with Crippen LogP contribution in [0.4, 0.5) is 5.69 Å². The van der Waals surface area contributed by atoms with Gasteiger partial charge in [0.05, 0.1) is 26.4 Å². The van der Waals surface area contributed by atoms with Crippen LogP contribution in [0.5, 0.6) is 11.5 Å². The van der Waals surface area contributed by atoms with Crippen molar-refractivity contribution in [1.82, 2.24) is 0 Å². The summed E-state index contributed by atoms with van der Waals surface area (Å²) < 4.78 is 12.2. The number of benzene rings is 3. The lowest BCUT2D eigenvalue weighted by molar-refractivity contribution is 0.102. The molecule has 7 heteroatoms. The largest absolute Gasteiger partial charge is 0.493 e. The van der Waals surface area contributed by atoms with E-state index in [1.165, 1.54) is 5.56 Å². The van der Waals surface area contributed by atoms with Crippen LogP contribution in [0, 0.1) is 10.5 Å². The molecule has 0 bridgehead atoms. The van der Waals surface area contributed by atoms with Crippen LogP contribution in [0.1, 0.15) is 21.5 Å². The summed E-state index contributed by atoms with van der Waals surface area (Å²) in [7, 11) is 1.54. The van der Waals surface area contributed by atoms with Crippen LogP contribution in [-0.4, -0.2) is 13.0 Å². The number of carbonyl (C=O) groups excluding carboxylic acids is 1. The van der Waals surface area contributed by atoms with Crippen LogP contribution < -0.4 is 14.8 Å². The monoisotopic (exact) mass is 541 g/mol. The van der Waals surface area contributed by atoms with Crippen molar-refractivity contribution in [1.29, 1.82) is 0 Å². The molecule has 0 atom stereocenters. The highest BCUT2D eigenvalue weighted by atomic mass is 127. The summed E-state index contributed by atoms with van der Waals surface area (Å²) in [6.45, 7) is 2.44. The normalized spacial score (nSPS) is 10.5. The minimum absolute atomic E-state index is 0.294. The van der Waals surface area contributed by atoms with Gasteiger partial charge < -0.3 is 14.8 Å². The standard InChI is InChI=1S/C22H18Cl2INO3/c1-13-6-8-14(9-7-13)12-29-21-17(25)10-15(11-19(21)28-2)22(27)26-18-5-3-4-16(23)20(18)24/h3-11H,12H2,1-2H3,(H,26,27). The smallest absolute Gasteiger partial charge is 0.255 e. The molecule has 1 amide bonds. The van der Waals surface area contributed by atoms with Gasteiger partial charge in [-0.05, 0) is 59.3 Å². The van der Waals surface area contributed by atoms with Gasteiger partial charge in [-0.15, -0.1) is 0 Å². The maximum absolute atomic E-state index is 12.7. The minimum atomic E-state index is -0.324. The van der Waals surface area contributed by atoms with Crippen LogP contribution in [0.2, 0.25) is 10.0 Å². The molecular weight excluding hydrogens is 524 g/mol. The second kappa shape index (κ2) is 9.69. The van der Waals surface area contributed by atoms with E-state index in [-0.39, 0.29) is 5.91 Å². The summed E-state index contributed by atoms with van der Waals surface area (Å²) >= 11 is 14.3. The van der Waals surface area contributed by atoms with Crippen LogP contribution in [0.3, 0.4) is 0 Å². The lowest BCUT2D eigenvalue weighted by Crippen LogP contribution is -2.13. The van der Waals surface area contributed by atoms with E-state index in [1.807, 2.05) is 31.2 Å². The molecule has 3 rings (SSSR count). The van der Waals surface area contributed by atoms with Crippen molar-refractivity contribution in [3.8, 4) is 11.5 Å².